The molecule has 0 bridgehead atoms. The van der Waals surface area contributed by atoms with Crippen LogP contribution in [-0.2, 0) is 4.79 Å². The second kappa shape index (κ2) is 5.41. The Morgan fingerprint density at radius 1 is 1.37 bits per heavy atom. The quantitative estimate of drug-likeness (QED) is 0.690. The van der Waals surface area contributed by atoms with Crippen LogP contribution in [0.3, 0.4) is 0 Å². The van der Waals surface area contributed by atoms with Crippen LogP contribution in [0.2, 0.25) is 0 Å². The third kappa shape index (κ3) is 4.18. The minimum atomic E-state index is -0.297. The Kier molecular flexibility index (Phi) is 4.68. The average molecular weight is 269 g/mol. The highest BCUT2D eigenvalue weighted by molar-refractivity contribution is 5.87. The number of rotatable bonds is 7. The molecular formula is C15H31N3O. The zero-order valence-electron chi connectivity index (χ0n) is 13.5. The molecule has 0 spiro atoms. The van der Waals surface area contributed by atoms with Crippen molar-refractivity contribution in [2.75, 3.05) is 27.2 Å². The lowest BCUT2D eigenvalue weighted by Gasteiger charge is -2.28. The summed E-state index contributed by atoms with van der Waals surface area (Å²) in [5.41, 5.74) is 5.65. The van der Waals surface area contributed by atoms with Gasteiger partial charge in [0.1, 0.15) is 0 Å². The molecule has 1 amide bonds. The van der Waals surface area contributed by atoms with E-state index in [-0.39, 0.29) is 22.3 Å². The molecule has 3 N–H and O–H groups in total. The summed E-state index contributed by atoms with van der Waals surface area (Å²) in [6.07, 6.45) is 2.69. The van der Waals surface area contributed by atoms with Crippen molar-refractivity contribution in [3.8, 4) is 0 Å². The minimum Gasteiger partial charge on any atom is -0.356 e. The van der Waals surface area contributed by atoms with E-state index in [1.807, 2.05) is 27.9 Å². The normalized spacial score (nSPS) is 25.5. The molecule has 1 saturated carbocycles. The molecule has 0 heterocycles. The van der Waals surface area contributed by atoms with Crippen molar-refractivity contribution in [1.29, 1.82) is 0 Å². The molecule has 19 heavy (non-hydrogen) atoms. The third-order valence-corrected chi connectivity index (χ3v) is 4.17. The van der Waals surface area contributed by atoms with Gasteiger partial charge in [-0.25, -0.2) is 0 Å². The zero-order valence-corrected chi connectivity index (χ0v) is 13.5. The number of nitrogens with one attached hydrogen (secondary N) is 1. The highest BCUT2D eigenvalue weighted by Gasteiger charge is 2.66. The van der Waals surface area contributed by atoms with E-state index in [0.717, 1.165) is 32.4 Å². The Hall–Kier alpha value is -0.610. The topological polar surface area (TPSA) is 58.4 Å². The monoisotopic (exact) mass is 269 g/mol. The van der Waals surface area contributed by atoms with E-state index in [2.05, 4.69) is 24.1 Å². The second-order valence-corrected chi connectivity index (χ2v) is 7.72. The first kappa shape index (κ1) is 16.4. The molecule has 0 radical (unpaired) electrons. The third-order valence-electron chi connectivity index (χ3n) is 4.17. The molecule has 0 aromatic rings. The first-order chi connectivity index (χ1) is 8.50. The number of nitrogens with zero attached hydrogens (tertiary/aromatic N) is 1. The number of hydrogen-bond donors (Lipinski definition) is 2. The summed E-state index contributed by atoms with van der Waals surface area (Å²) >= 11 is 0. The Labute approximate surface area is 118 Å². The van der Waals surface area contributed by atoms with Crippen molar-refractivity contribution in [2.24, 2.45) is 16.6 Å². The van der Waals surface area contributed by atoms with Gasteiger partial charge in [-0.15, -0.1) is 0 Å². The largest absolute Gasteiger partial charge is 0.356 e. The molecule has 0 aliphatic heterocycles. The van der Waals surface area contributed by atoms with Gasteiger partial charge in [0.2, 0.25) is 5.91 Å². The Balaban J connectivity index is 2.52. The van der Waals surface area contributed by atoms with E-state index in [1.54, 1.807) is 0 Å². The predicted octanol–water partition coefficient (Wildman–Crippen LogP) is 1.60. The van der Waals surface area contributed by atoms with Gasteiger partial charge >= 0.3 is 0 Å². The first-order valence-corrected chi connectivity index (χ1v) is 7.22. The summed E-state index contributed by atoms with van der Waals surface area (Å²) in [6.45, 7) is 10.1. The van der Waals surface area contributed by atoms with E-state index in [0.29, 0.717) is 0 Å². The fraction of sp³-hybridized carbons (Fsp3) is 0.933. The van der Waals surface area contributed by atoms with E-state index in [4.69, 9.17) is 5.73 Å². The lowest BCUT2D eigenvalue weighted by molar-refractivity contribution is -0.128. The molecule has 0 saturated heterocycles. The number of carbonyl (C=O) groups excluding carboxylic acids is 1. The van der Waals surface area contributed by atoms with Crippen LogP contribution in [0.15, 0.2) is 0 Å². The van der Waals surface area contributed by atoms with Crippen LogP contribution in [0.5, 0.6) is 0 Å². The van der Waals surface area contributed by atoms with Crippen molar-refractivity contribution in [3.63, 3.8) is 0 Å². The predicted molar refractivity (Wildman–Crippen MR) is 79.9 cm³/mol. The number of carbonyl (C=O) groups is 1. The van der Waals surface area contributed by atoms with E-state index in [1.165, 1.54) is 0 Å². The Morgan fingerprint density at radius 3 is 2.26 bits per heavy atom. The Morgan fingerprint density at radius 2 is 1.89 bits per heavy atom. The SMILES string of the molecule is CN(C)CCCNC(=O)C1(CC(C)(C)N)CC1(C)C. The molecule has 1 fully saturated rings. The standard InChI is InChI=1S/C15H31N3O/c1-13(2)10-15(13,11-14(3,4)16)12(19)17-8-7-9-18(5)6/h7-11,16H2,1-6H3,(H,17,19). The molecule has 1 atom stereocenters. The van der Waals surface area contributed by atoms with Crippen molar-refractivity contribution in [3.05, 3.63) is 0 Å². The Bertz CT molecular complexity index is 331. The molecular weight excluding hydrogens is 238 g/mol. The summed E-state index contributed by atoms with van der Waals surface area (Å²) in [5.74, 6) is 0.190. The lowest BCUT2D eigenvalue weighted by atomic mass is 9.83. The van der Waals surface area contributed by atoms with Crippen LogP contribution in [0.4, 0.5) is 0 Å². The molecule has 0 aromatic carbocycles. The molecule has 4 heteroatoms. The highest BCUT2D eigenvalue weighted by Crippen LogP contribution is 2.66. The summed E-state index contributed by atoms with van der Waals surface area (Å²) < 4.78 is 0. The van der Waals surface area contributed by atoms with Gasteiger partial charge in [0.05, 0.1) is 5.41 Å². The summed E-state index contributed by atoms with van der Waals surface area (Å²) in [4.78, 5) is 14.6. The van der Waals surface area contributed by atoms with Crippen LogP contribution in [0, 0.1) is 10.8 Å². The van der Waals surface area contributed by atoms with Gasteiger partial charge in [-0.1, -0.05) is 13.8 Å². The van der Waals surface area contributed by atoms with Crippen LogP contribution >= 0.6 is 0 Å². The van der Waals surface area contributed by atoms with Crippen LogP contribution < -0.4 is 11.1 Å². The maximum absolute atomic E-state index is 12.5. The molecule has 1 aliphatic carbocycles. The van der Waals surface area contributed by atoms with Crippen LogP contribution in [0.1, 0.15) is 47.0 Å². The van der Waals surface area contributed by atoms with Gasteiger partial charge in [-0.2, -0.15) is 0 Å². The fourth-order valence-corrected chi connectivity index (χ4v) is 3.02. The number of hydrogen-bond acceptors (Lipinski definition) is 3. The van der Waals surface area contributed by atoms with Gasteiger partial charge in [-0.3, -0.25) is 4.79 Å². The minimum absolute atomic E-state index is 0.0786. The summed E-state index contributed by atoms with van der Waals surface area (Å²) in [5, 5.41) is 3.10. The maximum Gasteiger partial charge on any atom is 0.226 e. The molecule has 0 aromatic heterocycles. The van der Waals surface area contributed by atoms with E-state index >= 15 is 0 Å². The van der Waals surface area contributed by atoms with Crippen LogP contribution in [-0.4, -0.2) is 43.5 Å². The highest BCUT2D eigenvalue weighted by atomic mass is 16.2. The van der Waals surface area contributed by atoms with Crippen molar-refractivity contribution < 1.29 is 4.79 Å². The molecule has 112 valence electrons. The van der Waals surface area contributed by atoms with E-state index < -0.39 is 0 Å². The van der Waals surface area contributed by atoms with Gasteiger partial charge < -0.3 is 16.0 Å². The molecule has 1 unspecified atom stereocenters. The molecule has 1 aliphatic rings. The van der Waals surface area contributed by atoms with Gasteiger partial charge in [-0.05, 0) is 59.2 Å². The van der Waals surface area contributed by atoms with Crippen LogP contribution in [0.25, 0.3) is 0 Å². The summed E-state index contributed by atoms with van der Waals surface area (Å²) in [6, 6.07) is 0. The van der Waals surface area contributed by atoms with E-state index in [9.17, 15) is 4.79 Å². The van der Waals surface area contributed by atoms with Crippen molar-refractivity contribution >= 4 is 5.91 Å². The van der Waals surface area contributed by atoms with Gasteiger partial charge in [0.15, 0.2) is 0 Å². The number of nitrogens with two attached hydrogens (primary N) is 1. The zero-order chi connectivity index (χ0) is 14.9. The van der Waals surface area contributed by atoms with Crippen molar-refractivity contribution in [1.82, 2.24) is 10.2 Å². The lowest BCUT2D eigenvalue weighted by Crippen LogP contribution is -2.43. The number of amides is 1. The molecule has 1 rings (SSSR count). The van der Waals surface area contributed by atoms with Gasteiger partial charge in [0, 0.05) is 12.1 Å². The summed E-state index contributed by atoms with van der Waals surface area (Å²) in [7, 11) is 4.09. The van der Waals surface area contributed by atoms with Crippen molar-refractivity contribution in [2.45, 2.75) is 52.5 Å². The maximum atomic E-state index is 12.5. The van der Waals surface area contributed by atoms with Gasteiger partial charge in [0.25, 0.3) is 0 Å². The first-order valence-electron chi connectivity index (χ1n) is 7.22. The fourth-order valence-electron chi connectivity index (χ4n) is 3.02. The second-order valence-electron chi connectivity index (χ2n) is 7.72. The smallest absolute Gasteiger partial charge is 0.226 e. The average Bonchev–Trinajstić information content (AvgIpc) is 2.73. The molecule has 4 nitrogen and oxygen atoms in total.